The minimum Gasteiger partial charge on any atom is -0.480 e. The number of carboxylic acid groups (broad SMARTS) is 1. The van der Waals surface area contributed by atoms with Crippen LogP contribution in [-0.4, -0.2) is 39.5 Å². The van der Waals surface area contributed by atoms with E-state index in [4.69, 9.17) is 0 Å². The average Bonchev–Trinajstić information content (AvgIpc) is 3.03. The first kappa shape index (κ1) is 18.5. The van der Waals surface area contributed by atoms with E-state index in [9.17, 15) is 19.1 Å². The van der Waals surface area contributed by atoms with Crippen LogP contribution in [0.25, 0.3) is 0 Å². The van der Waals surface area contributed by atoms with Gasteiger partial charge in [-0.1, -0.05) is 19.1 Å². The molecule has 5 nitrogen and oxygen atoms in total. The van der Waals surface area contributed by atoms with Gasteiger partial charge in [0.2, 0.25) is 5.91 Å². The Labute approximate surface area is 155 Å². The molecule has 2 atom stereocenters. The molecule has 3 rings (SSSR count). The number of aromatic nitrogens is 1. The zero-order valence-corrected chi connectivity index (χ0v) is 15.3. The summed E-state index contributed by atoms with van der Waals surface area (Å²) in [5.41, 5.74) is 1.61. The monoisotopic (exact) mass is 376 g/mol. The summed E-state index contributed by atoms with van der Waals surface area (Å²) in [6, 6.07) is 5.51. The summed E-state index contributed by atoms with van der Waals surface area (Å²) in [7, 11) is 0. The number of halogens is 1. The molecule has 0 bridgehead atoms. The highest BCUT2D eigenvalue weighted by atomic mass is 32.1. The molecular weight excluding hydrogens is 355 g/mol. The third-order valence-corrected chi connectivity index (χ3v) is 5.57. The van der Waals surface area contributed by atoms with Crippen molar-refractivity contribution in [3.63, 3.8) is 0 Å². The Hall–Kier alpha value is -2.28. The molecule has 2 aromatic rings. The first-order valence-corrected chi connectivity index (χ1v) is 9.50. The largest absolute Gasteiger partial charge is 0.480 e. The van der Waals surface area contributed by atoms with E-state index in [0.29, 0.717) is 31.0 Å². The topological polar surface area (TPSA) is 70.5 Å². The fourth-order valence-electron chi connectivity index (χ4n) is 3.22. The molecule has 1 fully saturated rings. The molecule has 26 heavy (non-hydrogen) atoms. The average molecular weight is 376 g/mol. The molecule has 1 aromatic carbocycles. The standard InChI is InChI=1S/C19H21FN2O3S/c1-12-6-7-22(16(8-12)19(24)25)18(23)10-15-11-26-17(21-15)9-13-2-4-14(20)5-3-13/h2-5,11-12,16H,6-10H2,1H3,(H,24,25). The number of carboxylic acids is 1. The highest BCUT2D eigenvalue weighted by Gasteiger charge is 2.34. The van der Waals surface area contributed by atoms with Gasteiger partial charge in [0.25, 0.3) is 0 Å². The predicted molar refractivity (Wildman–Crippen MR) is 96.6 cm³/mol. The first-order chi connectivity index (χ1) is 12.4. The Balaban J connectivity index is 1.63. The van der Waals surface area contributed by atoms with Crippen LogP contribution in [0.2, 0.25) is 0 Å². The van der Waals surface area contributed by atoms with Gasteiger partial charge in [-0.05, 0) is 36.5 Å². The highest BCUT2D eigenvalue weighted by molar-refractivity contribution is 7.09. The minimum absolute atomic E-state index is 0.109. The van der Waals surface area contributed by atoms with Crippen molar-refractivity contribution < 1.29 is 19.1 Å². The molecule has 2 heterocycles. The zero-order valence-electron chi connectivity index (χ0n) is 14.5. The molecule has 2 unspecified atom stereocenters. The lowest BCUT2D eigenvalue weighted by Crippen LogP contribution is -2.50. The summed E-state index contributed by atoms with van der Waals surface area (Å²) in [6.07, 6.45) is 2.01. The third kappa shape index (κ3) is 4.46. The molecule has 7 heteroatoms. The fourth-order valence-corrected chi connectivity index (χ4v) is 4.05. The summed E-state index contributed by atoms with van der Waals surface area (Å²) in [4.78, 5) is 30.0. The first-order valence-electron chi connectivity index (χ1n) is 8.62. The molecule has 138 valence electrons. The number of hydrogen-bond acceptors (Lipinski definition) is 4. The van der Waals surface area contributed by atoms with Gasteiger partial charge in [0.05, 0.1) is 17.1 Å². The number of thiazole rings is 1. The Kier molecular flexibility index (Phi) is 5.66. The van der Waals surface area contributed by atoms with Crippen LogP contribution in [0.5, 0.6) is 0 Å². The molecular formula is C19H21FN2O3S. The quantitative estimate of drug-likeness (QED) is 0.870. The van der Waals surface area contributed by atoms with Crippen LogP contribution < -0.4 is 0 Å². The second-order valence-electron chi connectivity index (χ2n) is 6.78. The lowest BCUT2D eigenvalue weighted by atomic mass is 9.92. The van der Waals surface area contributed by atoms with Crippen LogP contribution in [0.15, 0.2) is 29.6 Å². The smallest absolute Gasteiger partial charge is 0.326 e. The van der Waals surface area contributed by atoms with Crippen LogP contribution in [0.1, 0.15) is 36.0 Å². The predicted octanol–water partition coefficient (Wildman–Crippen LogP) is 3.13. The van der Waals surface area contributed by atoms with E-state index >= 15 is 0 Å². The molecule has 0 spiro atoms. The van der Waals surface area contributed by atoms with Crippen molar-refractivity contribution in [2.45, 2.75) is 38.6 Å². The van der Waals surface area contributed by atoms with Crippen LogP contribution in [-0.2, 0) is 22.4 Å². The number of amides is 1. The summed E-state index contributed by atoms with van der Waals surface area (Å²) >= 11 is 1.45. The van der Waals surface area contributed by atoms with Crippen molar-refractivity contribution in [3.05, 3.63) is 51.7 Å². The van der Waals surface area contributed by atoms with E-state index in [1.807, 2.05) is 12.3 Å². The van der Waals surface area contributed by atoms with Crippen molar-refractivity contribution >= 4 is 23.2 Å². The molecule has 1 saturated heterocycles. The van der Waals surface area contributed by atoms with Gasteiger partial charge in [0.1, 0.15) is 11.9 Å². The van der Waals surface area contributed by atoms with E-state index in [2.05, 4.69) is 4.98 Å². The SMILES string of the molecule is CC1CCN(C(=O)Cc2csc(Cc3ccc(F)cc3)n2)C(C(=O)O)C1. The van der Waals surface area contributed by atoms with Gasteiger partial charge in [-0.3, -0.25) is 4.79 Å². The van der Waals surface area contributed by atoms with Crippen LogP contribution in [0, 0.1) is 11.7 Å². The number of hydrogen-bond donors (Lipinski definition) is 1. The molecule has 1 amide bonds. The van der Waals surface area contributed by atoms with Gasteiger partial charge in [-0.15, -0.1) is 11.3 Å². The van der Waals surface area contributed by atoms with Crippen molar-refractivity contribution in [1.29, 1.82) is 0 Å². The maximum absolute atomic E-state index is 13.0. The van der Waals surface area contributed by atoms with Gasteiger partial charge in [-0.25, -0.2) is 14.2 Å². The molecule has 1 aliphatic heterocycles. The van der Waals surface area contributed by atoms with Crippen molar-refractivity contribution in [1.82, 2.24) is 9.88 Å². The van der Waals surface area contributed by atoms with Crippen LogP contribution in [0.4, 0.5) is 4.39 Å². The Morgan fingerprint density at radius 1 is 1.35 bits per heavy atom. The number of carbonyl (C=O) groups excluding carboxylic acids is 1. The van der Waals surface area contributed by atoms with Crippen LogP contribution in [0.3, 0.4) is 0 Å². The molecule has 1 N–H and O–H groups in total. The second kappa shape index (κ2) is 7.95. The van der Waals surface area contributed by atoms with Gasteiger partial charge in [-0.2, -0.15) is 0 Å². The third-order valence-electron chi connectivity index (χ3n) is 4.67. The maximum atomic E-state index is 13.0. The van der Waals surface area contributed by atoms with E-state index in [0.717, 1.165) is 17.0 Å². The Morgan fingerprint density at radius 2 is 2.08 bits per heavy atom. The number of aliphatic carboxylic acids is 1. The van der Waals surface area contributed by atoms with E-state index in [-0.39, 0.29) is 18.1 Å². The minimum atomic E-state index is -0.944. The van der Waals surface area contributed by atoms with Crippen molar-refractivity contribution in [2.24, 2.45) is 5.92 Å². The number of nitrogens with zero attached hydrogens (tertiary/aromatic N) is 2. The maximum Gasteiger partial charge on any atom is 0.326 e. The summed E-state index contributed by atoms with van der Waals surface area (Å²) in [5.74, 6) is -1.10. The van der Waals surface area contributed by atoms with Crippen LogP contribution >= 0.6 is 11.3 Å². The lowest BCUT2D eigenvalue weighted by Gasteiger charge is -2.35. The highest BCUT2D eigenvalue weighted by Crippen LogP contribution is 2.24. The number of rotatable bonds is 5. The van der Waals surface area contributed by atoms with Gasteiger partial charge in [0.15, 0.2) is 0 Å². The van der Waals surface area contributed by atoms with Crippen molar-refractivity contribution in [2.75, 3.05) is 6.54 Å². The molecule has 0 radical (unpaired) electrons. The summed E-state index contributed by atoms with van der Waals surface area (Å²) in [6.45, 7) is 2.49. The summed E-state index contributed by atoms with van der Waals surface area (Å²) in [5, 5.41) is 12.1. The number of carbonyl (C=O) groups is 2. The Bertz CT molecular complexity index is 790. The molecule has 1 aliphatic rings. The molecule has 0 saturated carbocycles. The van der Waals surface area contributed by atoms with E-state index < -0.39 is 12.0 Å². The van der Waals surface area contributed by atoms with Crippen molar-refractivity contribution in [3.8, 4) is 0 Å². The molecule has 1 aromatic heterocycles. The molecule has 0 aliphatic carbocycles. The Morgan fingerprint density at radius 3 is 2.77 bits per heavy atom. The second-order valence-corrected chi connectivity index (χ2v) is 7.73. The lowest BCUT2D eigenvalue weighted by molar-refractivity contribution is -0.152. The van der Waals surface area contributed by atoms with Gasteiger partial charge < -0.3 is 10.0 Å². The summed E-state index contributed by atoms with van der Waals surface area (Å²) < 4.78 is 13.0. The van der Waals surface area contributed by atoms with E-state index in [1.165, 1.54) is 28.4 Å². The zero-order chi connectivity index (χ0) is 18.7. The fraction of sp³-hybridized carbons (Fsp3) is 0.421. The normalized spacial score (nSPS) is 20.2. The van der Waals surface area contributed by atoms with Gasteiger partial charge in [0, 0.05) is 18.3 Å². The number of likely N-dealkylation sites (tertiary alicyclic amines) is 1. The number of benzene rings is 1. The number of piperidine rings is 1. The van der Waals surface area contributed by atoms with E-state index in [1.54, 1.807) is 12.1 Å². The van der Waals surface area contributed by atoms with Gasteiger partial charge >= 0.3 is 5.97 Å².